The van der Waals surface area contributed by atoms with Gasteiger partial charge in [0.25, 0.3) is 0 Å². The first-order valence-electron chi connectivity index (χ1n) is 4.96. The van der Waals surface area contributed by atoms with Crippen molar-refractivity contribution in [3.8, 4) is 0 Å². The number of aryl methyl sites for hydroxylation is 2. The number of nitrogens with zero attached hydrogens (tertiary/aromatic N) is 1. The molecule has 0 aliphatic carbocycles. The van der Waals surface area contributed by atoms with Gasteiger partial charge in [-0.2, -0.15) is 0 Å². The van der Waals surface area contributed by atoms with Gasteiger partial charge in [-0.25, -0.2) is 0 Å². The molecule has 0 unspecified atom stereocenters. The first-order valence-corrected chi connectivity index (χ1v) is 4.96. The summed E-state index contributed by atoms with van der Waals surface area (Å²) in [6.45, 7) is 8.46. The van der Waals surface area contributed by atoms with E-state index in [2.05, 4.69) is 38.1 Å². The van der Waals surface area contributed by atoms with Crippen molar-refractivity contribution in [1.29, 1.82) is 0 Å². The number of hydrogen-bond acceptors (Lipinski definition) is 2. The molecule has 0 bridgehead atoms. The summed E-state index contributed by atoms with van der Waals surface area (Å²) in [5, 5.41) is 5.11. The Labute approximate surface area is 83.9 Å². The van der Waals surface area contributed by atoms with Crippen LogP contribution in [-0.2, 0) is 0 Å². The molecular weight excluding hydrogens is 174 g/mol. The molecule has 0 saturated heterocycles. The van der Waals surface area contributed by atoms with Gasteiger partial charge < -0.3 is 4.52 Å². The standard InChI is InChI=1S/C12H15NO/c1-7(2)10-5-6-11-9(4)13-14-12(11)8(10)3/h5-7H,1-4H3. The summed E-state index contributed by atoms with van der Waals surface area (Å²) >= 11 is 0. The predicted octanol–water partition coefficient (Wildman–Crippen LogP) is 3.57. The molecule has 0 radical (unpaired) electrons. The highest BCUT2D eigenvalue weighted by atomic mass is 16.5. The highest BCUT2D eigenvalue weighted by Crippen LogP contribution is 2.28. The molecular formula is C12H15NO. The molecule has 2 heteroatoms. The Morgan fingerprint density at radius 3 is 2.57 bits per heavy atom. The van der Waals surface area contributed by atoms with E-state index in [4.69, 9.17) is 4.52 Å². The molecule has 1 aromatic carbocycles. The lowest BCUT2D eigenvalue weighted by Gasteiger charge is -2.08. The van der Waals surface area contributed by atoms with Crippen LogP contribution in [0.15, 0.2) is 16.7 Å². The first kappa shape index (κ1) is 9.25. The summed E-state index contributed by atoms with van der Waals surface area (Å²) in [5.74, 6) is 0.532. The van der Waals surface area contributed by atoms with Crippen LogP contribution in [0.25, 0.3) is 11.0 Å². The Morgan fingerprint density at radius 2 is 1.93 bits per heavy atom. The van der Waals surface area contributed by atoms with Crippen molar-refractivity contribution in [1.82, 2.24) is 5.16 Å². The van der Waals surface area contributed by atoms with Crippen molar-refractivity contribution in [2.75, 3.05) is 0 Å². The molecule has 2 aromatic rings. The molecule has 0 fully saturated rings. The van der Waals surface area contributed by atoms with E-state index in [1.807, 2.05) is 6.92 Å². The number of fused-ring (bicyclic) bond motifs is 1. The van der Waals surface area contributed by atoms with Gasteiger partial charge in [-0.3, -0.25) is 0 Å². The predicted molar refractivity (Wildman–Crippen MR) is 57.6 cm³/mol. The van der Waals surface area contributed by atoms with Crippen LogP contribution in [0.1, 0.15) is 36.6 Å². The second kappa shape index (κ2) is 3.12. The van der Waals surface area contributed by atoms with Gasteiger partial charge in [0.2, 0.25) is 0 Å². The van der Waals surface area contributed by atoms with Crippen molar-refractivity contribution >= 4 is 11.0 Å². The van der Waals surface area contributed by atoms with E-state index in [-0.39, 0.29) is 0 Å². The number of aromatic nitrogens is 1. The molecule has 0 spiro atoms. The van der Waals surface area contributed by atoms with Crippen LogP contribution in [0.4, 0.5) is 0 Å². The van der Waals surface area contributed by atoms with Gasteiger partial charge >= 0.3 is 0 Å². The molecule has 2 rings (SSSR count). The summed E-state index contributed by atoms with van der Waals surface area (Å²) in [5.41, 5.74) is 4.47. The molecule has 14 heavy (non-hydrogen) atoms. The summed E-state index contributed by atoms with van der Waals surface area (Å²) in [4.78, 5) is 0. The van der Waals surface area contributed by atoms with Gasteiger partial charge in [-0.1, -0.05) is 25.1 Å². The molecule has 1 aromatic heterocycles. The van der Waals surface area contributed by atoms with Crippen LogP contribution in [0.5, 0.6) is 0 Å². The van der Waals surface area contributed by atoms with E-state index >= 15 is 0 Å². The molecule has 0 aliphatic heterocycles. The number of hydrogen-bond donors (Lipinski definition) is 0. The maximum Gasteiger partial charge on any atom is 0.170 e. The highest BCUT2D eigenvalue weighted by molar-refractivity contribution is 5.83. The van der Waals surface area contributed by atoms with Crippen molar-refractivity contribution in [2.45, 2.75) is 33.6 Å². The summed E-state index contributed by atoms with van der Waals surface area (Å²) < 4.78 is 5.32. The SMILES string of the molecule is Cc1noc2c(C)c(C(C)C)ccc12. The third-order valence-corrected chi connectivity index (χ3v) is 2.73. The smallest absolute Gasteiger partial charge is 0.170 e. The van der Waals surface area contributed by atoms with E-state index in [1.54, 1.807) is 0 Å². The highest BCUT2D eigenvalue weighted by Gasteiger charge is 2.11. The fourth-order valence-electron chi connectivity index (χ4n) is 1.90. The van der Waals surface area contributed by atoms with Crippen molar-refractivity contribution in [2.24, 2.45) is 0 Å². The van der Waals surface area contributed by atoms with Gasteiger partial charge in [0, 0.05) is 5.39 Å². The summed E-state index contributed by atoms with van der Waals surface area (Å²) in [7, 11) is 0. The lowest BCUT2D eigenvalue weighted by Crippen LogP contribution is -1.91. The van der Waals surface area contributed by atoms with Crippen LogP contribution in [0, 0.1) is 13.8 Å². The topological polar surface area (TPSA) is 26.0 Å². The second-order valence-electron chi connectivity index (χ2n) is 4.08. The largest absolute Gasteiger partial charge is 0.356 e. The zero-order valence-corrected chi connectivity index (χ0v) is 9.09. The van der Waals surface area contributed by atoms with Crippen LogP contribution in [0.2, 0.25) is 0 Å². The van der Waals surface area contributed by atoms with Gasteiger partial charge in [0.1, 0.15) is 0 Å². The molecule has 0 saturated carbocycles. The van der Waals surface area contributed by atoms with Crippen LogP contribution >= 0.6 is 0 Å². The molecule has 74 valence electrons. The number of benzene rings is 1. The molecule has 2 nitrogen and oxygen atoms in total. The maximum atomic E-state index is 5.32. The summed E-state index contributed by atoms with van der Waals surface area (Å²) in [6.07, 6.45) is 0. The minimum Gasteiger partial charge on any atom is -0.356 e. The van der Waals surface area contributed by atoms with Crippen LogP contribution in [-0.4, -0.2) is 5.16 Å². The zero-order chi connectivity index (χ0) is 10.3. The molecule has 0 N–H and O–H groups in total. The summed E-state index contributed by atoms with van der Waals surface area (Å²) in [6, 6.07) is 4.27. The van der Waals surface area contributed by atoms with Crippen molar-refractivity contribution < 1.29 is 4.52 Å². The monoisotopic (exact) mass is 189 g/mol. The van der Waals surface area contributed by atoms with E-state index in [0.717, 1.165) is 16.7 Å². The molecule has 0 amide bonds. The fraction of sp³-hybridized carbons (Fsp3) is 0.417. The van der Waals surface area contributed by atoms with Crippen molar-refractivity contribution in [3.05, 3.63) is 29.0 Å². The van der Waals surface area contributed by atoms with E-state index in [9.17, 15) is 0 Å². The normalized spacial score (nSPS) is 11.5. The van der Waals surface area contributed by atoms with Gasteiger partial charge in [0.15, 0.2) is 5.58 Å². The average Bonchev–Trinajstić information content (AvgIpc) is 2.49. The lowest BCUT2D eigenvalue weighted by atomic mass is 9.96. The van der Waals surface area contributed by atoms with Crippen LogP contribution in [0.3, 0.4) is 0 Å². The Morgan fingerprint density at radius 1 is 1.21 bits per heavy atom. The first-order chi connectivity index (χ1) is 6.61. The Hall–Kier alpha value is -1.31. The molecule has 0 aliphatic rings. The fourth-order valence-corrected chi connectivity index (χ4v) is 1.90. The Bertz CT molecular complexity index is 468. The third kappa shape index (κ3) is 1.22. The van der Waals surface area contributed by atoms with Gasteiger partial charge in [-0.15, -0.1) is 0 Å². The van der Waals surface area contributed by atoms with Crippen molar-refractivity contribution in [3.63, 3.8) is 0 Å². The Kier molecular flexibility index (Phi) is 2.06. The third-order valence-electron chi connectivity index (χ3n) is 2.73. The second-order valence-corrected chi connectivity index (χ2v) is 4.08. The molecule has 1 heterocycles. The van der Waals surface area contributed by atoms with E-state index in [1.165, 1.54) is 11.1 Å². The zero-order valence-electron chi connectivity index (χ0n) is 9.09. The van der Waals surface area contributed by atoms with Crippen LogP contribution < -0.4 is 0 Å². The number of rotatable bonds is 1. The van der Waals surface area contributed by atoms with E-state index < -0.39 is 0 Å². The molecule has 0 atom stereocenters. The average molecular weight is 189 g/mol. The lowest BCUT2D eigenvalue weighted by molar-refractivity contribution is 0.448. The van der Waals surface area contributed by atoms with Gasteiger partial charge in [-0.05, 0) is 37.0 Å². The van der Waals surface area contributed by atoms with Gasteiger partial charge in [0.05, 0.1) is 5.69 Å². The van der Waals surface area contributed by atoms with E-state index in [0.29, 0.717) is 5.92 Å². The minimum absolute atomic E-state index is 0.532. The Balaban J connectivity index is 2.76. The minimum atomic E-state index is 0.532. The maximum absolute atomic E-state index is 5.32. The quantitative estimate of drug-likeness (QED) is 0.685.